The summed E-state index contributed by atoms with van der Waals surface area (Å²) in [6.45, 7) is 11.7. The van der Waals surface area contributed by atoms with E-state index >= 15 is 0 Å². The molecule has 0 radical (unpaired) electrons. The maximum Gasteiger partial charge on any atom is 0.248 e. The van der Waals surface area contributed by atoms with Gasteiger partial charge in [0, 0.05) is 18.2 Å². The van der Waals surface area contributed by atoms with Crippen molar-refractivity contribution in [1.82, 2.24) is 0 Å². The molecule has 5 nitrogen and oxygen atoms in total. The molecule has 5 rings (SSSR count). The van der Waals surface area contributed by atoms with Crippen molar-refractivity contribution in [3.63, 3.8) is 0 Å². The topological polar surface area (TPSA) is 81.4 Å². The highest BCUT2D eigenvalue weighted by atomic mass is 16.5. The monoisotopic (exact) mass is 608 g/mol. The zero-order valence-corrected chi connectivity index (χ0v) is 26.4. The summed E-state index contributed by atoms with van der Waals surface area (Å²) in [5.41, 5.74) is 12.6. The molecular formula is C40H52N2O3. The highest BCUT2D eigenvalue weighted by molar-refractivity contribution is 5.94. The second-order valence-corrected chi connectivity index (χ2v) is 10.2. The van der Waals surface area contributed by atoms with Crippen molar-refractivity contribution in [1.29, 1.82) is 0 Å². The van der Waals surface area contributed by atoms with E-state index in [-0.39, 0.29) is 26.7 Å². The van der Waals surface area contributed by atoms with Crippen LogP contribution < -0.4 is 15.8 Å². The van der Waals surface area contributed by atoms with Crippen LogP contribution in [0.3, 0.4) is 0 Å². The fraction of sp³-hybridized carbons (Fsp3) is 0.250. The summed E-state index contributed by atoms with van der Waals surface area (Å²) in [5, 5.41) is 5.39. The minimum atomic E-state index is -0.363. The molecule has 240 valence electrons. The minimum absolute atomic E-state index is 0. The van der Waals surface area contributed by atoms with Crippen LogP contribution in [0.1, 0.15) is 66.9 Å². The van der Waals surface area contributed by atoms with Crippen molar-refractivity contribution in [2.45, 2.75) is 62.8 Å². The Bertz CT molecular complexity index is 1610. The first-order valence-corrected chi connectivity index (χ1v) is 14.3. The summed E-state index contributed by atoms with van der Waals surface area (Å²) >= 11 is 0. The van der Waals surface area contributed by atoms with E-state index in [4.69, 9.17) is 10.5 Å². The van der Waals surface area contributed by atoms with Crippen molar-refractivity contribution in [3.05, 3.63) is 143 Å². The van der Waals surface area contributed by atoms with Crippen LogP contribution in [0.4, 0.5) is 5.69 Å². The Morgan fingerprint density at radius 1 is 0.689 bits per heavy atom. The van der Waals surface area contributed by atoms with Crippen LogP contribution >= 0.6 is 0 Å². The zero-order valence-electron chi connectivity index (χ0n) is 26.4. The van der Waals surface area contributed by atoms with Gasteiger partial charge in [-0.05, 0) is 85.8 Å². The number of methoxy groups -OCH3 is 1. The van der Waals surface area contributed by atoms with Gasteiger partial charge in [0.1, 0.15) is 5.75 Å². The van der Waals surface area contributed by atoms with E-state index in [0.29, 0.717) is 5.56 Å². The number of nitrogens with one attached hydrogen (secondary N) is 1. The number of benzene rings is 5. The lowest BCUT2D eigenvalue weighted by Crippen LogP contribution is -2.12. The third-order valence-corrected chi connectivity index (χ3v) is 6.56. The molecule has 0 atom stereocenters. The minimum Gasteiger partial charge on any atom is -0.496 e. The van der Waals surface area contributed by atoms with Gasteiger partial charge >= 0.3 is 0 Å². The Labute approximate surface area is 271 Å². The smallest absolute Gasteiger partial charge is 0.248 e. The first kappa shape index (κ1) is 40.1. The number of anilines is 1. The SMILES string of the molecule is C.C.CC(=O)Nc1ccc(C)cc1.CCc1ccc2cc(C)ccc2c1.COc1ccccc1C.Cc1ccccc1C(N)=O. The van der Waals surface area contributed by atoms with Crippen LogP contribution in [0.15, 0.2) is 109 Å². The summed E-state index contributed by atoms with van der Waals surface area (Å²) in [4.78, 5) is 21.2. The molecule has 2 amide bonds. The van der Waals surface area contributed by atoms with Crippen LogP contribution in [0.25, 0.3) is 10.8 Å². The van der Waals surface area contributed by atoms with E-state index in [0.717, 1.165) is 23.4 Å². The second kappa shape index (κ2) is 20.9. The van der Waals surface area contributed by atoms with Crippen molar-refractivity contribution >= 4 is 28.3 Å². The molecule has 5 heteroatoms. The predicted molar refractivity (Wildman–Crippen MR) is 194 cm³/mol. The van der Waals surface area contributed by atoms with Gasteiger partial charge in [0.25, 0.3) is 0 Å². The molecule has 5 aromatic carbocycles. The quantitative estimate of drug-likeness (QED) is 0.213. The van der Waals surface area contributed by atoms with Gasteiger partial charge in [0.15, 0.2) is 0 Å². The second-order valence-electron chi connectivity index (χ2n) is 10.2. The van der Waals surface area contributed by atoms with Gasteiger partial charge in [-0.25, -0.2) is 0 Å². The first-order chi connectivity index (χ1) is 20.5. The maximum absolute atomic E-state index is 10.6. The molecule has 3 N–H and O–H groups in total. The van der Waals surface area contributed by atoms with Crippen LogP contribution in [0.5, 0.6) is 5.75 Å². The Hall–Kier alpha value is -4.90. The number of para-hydroxylation sites is 1. The van der Waals surface area contributed by atoms with Crippen LogP contribution in [-0.2, 0) is 11.2 Å². The number of carbonyl (C=O) groups excluding carboxylic acids is 2. The molecule has 0 spiro atoms. The molecule has 0 bridgehead atoms. The number of hydrogen-bond acceptors (Lipinski definition) is 3. The number of primary amides is 1. The Morgan fingerprint density at radius 2 is 1.22 bits per heavy atom. The van der Waals surface area contributed by atoms with E-state index in [9.17, 15) is 9.59 Å². The van der Waals surface area contributed by atoms with Crippen molar-refractivity contribution in [2.75, 3.05) is 12.4 Å². The lowest BCUT2D eigenvalue weighted by atomic mass is 10.0. The number of rotatable bonds is 4. The summed E-state index contributed by atoms with van der Waals surface area (Å²) in [7, 11) is 1.68. The van der Waals surface area contributed by atoms with Gasteiger partial charge in [0.05, 0.1) is 7.11 Å². The van der Waals surface area contributed by atoms with Gasteiger partial charge < -0.3 is 15.8 Å². The fourth-order valence-corrected chi connectivity index (χ4v) is 4.11. The molecule has 5 aromatic rings. The van der Waals surface area contributed by atoms with E-state index in [1.54, 1.807) is 19.2 Å². The predicted octanol–water partition coefficient (Wildman–Crippen LogP) is 10.0. The molecule has 0 heterocycles. The number of carbonyl (C=O) groups is 2. The summed E-state index contributed by atoms with van der Waals surface area (Å²) in [6, 6.07) is 36.2. The number of amides is 2. The summed E-state index contributed by atoms with van der Waals surface area (Å²) < 4.78 is 5.04. The van der Waals surface area contributed by atoms with Gasteiger partial charge in [0.2, 0.25) is 11.8 Å². The molecule has 0 aliphatic heterocycles. The Balaban J connectivity index is 0.000000571. The van der Waals surface area contributed by atoms with Crippen LogP contribution in [0.2, 0.25) is 0 Å². The first-order valence-electron chi connectivity index (χ1n) is 14.3. The molecule has 0 aliphatic rings. The highest BCUT2D eigenvalue weighted by Gasteiger charge is 2.00. The molecule has 0 saturated carbocycles. The Kier molecular flexibility index (Phi) is 18.6. The summed E-state index contributed by atoms with van der Waals surface area (Å²) in [6.07, 6.45) is 1.11. The number of nitrogens with two attached hydrogens (primary N) is 1. The van der Waals surface area contributed by atoms with E-state index in [2.05, 4.69) is 55.6 Å². The van der Waals surface area contributed by atoms with Gasteiger partial charge in [-0.2, -0.15) is 0 Å². The normalized spacial score (nSPS) is 9.22. The molecule has 45 heavy (non-hydrogen) atoms. The number of ether oxygens (including phenoxy) is 1. The molecule has 0 unspecified atom stereocenters. The molecule has 0 aromatic heterocycles. The maximum atomic E-state index is 10.6. The number of fused-ring (bicyclic) bond motifs is 1. The fourth-order valence-electron chi connectivity index (χ4n) is 4.11. The highest BCUT2D eigenvalue weighted by Crippen LogP contribution is 2.18. The zero-order chi connectivity index (χ0) is 31.8. The van der Waals surface area contributed by atoms with E-state index in [1.165, 1.54) is 39.9 Å². The van der Waals surface area contributed by atoms with E-state index < -0.39 is 0 Å². The van der Waals surface area contributed by atoms with Crippen molar-refractivity contribution in [2.24, 2.45) is 5.73 Å². The molecule has 0 fully saturated rings. The standard InChI is InChI=1S/C13H14.C9H11NO.C8H9NO.C8H10O.2CH4/c1-3-11-5-7-12-8-10(2)4-6-13(12)9-11;1-7-3-5-9(6-4-7)10-8(2)11;1-6-4-2-3-5-7(6)8(9)10;1-7-5-3-4-6-8(7)9-2;;/h4-9H,3H2,1-2H3;3-6H,1-2H3,(H,10,11);2-5H,1H3,(H2,9,10);3-6H,1-2H3;2*1H4. The molecule has 0 aliphatic carbocycles. The lowest BCUT2D eigenvalue weighted by Gasteiger charge is -2.01. The Morgan fingerprint density at radius 3 is 1.71 bits per heavy atom. The largest absolute Gasteiger partial charge is 0.496 e. The number of aryl methyl sites for hydroxylation is 5. The number of hydrogen-bond donors (Lipinski definition) is 2. The average Bonchev–Trinajstić information content (AvgIpc) is 2.99. The third-order valence-electron chi connectivity index (χ3n) is 6.56. The van der Waals surface area contributed by atoms with Crippen LogP contribution in [-0.4, -0.2) is 18.9 Å². The van der Waals surface area contributed by atoms with Crippen molar-refractivity contribution in [3.8, 4) is 5.75 Å². The van der Waals surface area contributed by atoms with Crippen molar-refractivity contribution < 1.29 is 14.3 Å². The van der Waals surface area contributed by atoms with E-state index in [1.807, 2.05) is 81.4 Å². The molecular weight excluding hydrogens is 556 g/mol. The molecule has 0 saturated heterocycles. The van der Waals surface area contributed by atoms with Crippen LogP contribution in [0, 0.1) is 27.7 Å². The average molecular weight is 609 g/mol. The lowest BCUT2D eigenvalue weighted by molar-refractivity contribution is -0.114. The van der Waals surface area contributed by atoms with Gasteiger partial charge in [-0.3, -0.25) is 9.59 Å². The van der Waals surface area contributed by atoms with Gasteiger partial charge in [-0.1, -0.05) is 118 Å². The third kappa shape index (κ3) is 14.4. The van der Waals surface area contributed by atoms with Gasteiger partial charge in [-0.15, -0.1) is 0 Å². The summed E-state index contributed by atoms with van der Waals surface area (Å²) in [5.74, 6) is 0.560.